The Morgan fingerprint density at radius 1 is 1.54 bits per heavy atom. The van der Waals surface area contributed by atoms with E-state index in [0.29, 0.717) is 16.3 Å². The van der Waals surface area contributed by atoms with Gasteiger partial charge in [0.1, 0.15) is 5.75 Å². The van der Waals surface area contributed by atoms with E-state index >= 15 is 0 Å². The molecule has 0 N–H and O–H groups in total. The van der Waals surface area contributed by atoms with Crippen molar-refractivity contribution in [3.05, 3.63) is 44.7 Å². The topological polar surface area (TPSA) is 71.9 Å². The number of aromatic nitrogens is 1. The highest BCUT2D eigenvalue weighted by molar-refractivity contribution is 7.09. The van der Waals surface area contributed by atoms with Crippen LogP contribution in [0.1, 0.15) is 23.3 Å². The molecule has 0 unspecified atom stereocenters. The van der Waals surface area contributed by atoms with Gasteiger partial charge < -0.3 is 14.0 Å². The van der Waals surface area contributed by atoms with Crippen LogP contribution in [-0.2, 0) is 11.3 Å². The Morgan fingerprint density at radius 3 is 3.08 bits per heavy atom. The molecule has 1 aliphatic rings. The summed E-state index contributed by atoms with van der Waals surface area (Å²) in [6.07, 6.45) is 6.19. The first-order chi connectivity index (χ1) is 12.6. The summed E-state index contributed by atoms with van der Waals surface area (Å²) < 4.78 is 13.2. The van der Waals surface area contributed by atoms with E-state index in [9.17, 15) is 0 Å². The third-order valence-electron chi connectivity index (χ3n) is 4.02. The van der Waals surface area contributed by atoms with Crippen LogP contribution < -0.4 is 9.54 Å². The zero-order valence-corrected chi connectivity index (χ0v) is 16.2. The molecule has 8 heteroatoms. The molecule has 0 aliphatic carbocycles. The number of nitrogens with zero attached hydrogens (tertiary/aromatic N) is 4. The van der Waals surface area contributed by atoms with Crippen molar-refractivity contribution >= 4 is 28.8 Å². The fourth-order valence-electron chi connectivity index (χ4n) is 2.87. The predicted molar refractivity (Wildman–Crippen MR) is 102 cm³/mol. The van der Waals surface area contributed by atoms with Gasteiger partial charge in [-0.1, -0.05) is 11.6 Å². The molecule has 1 aliphatic heterocycles. The quantitative estimate of drug-likeness (QED) is 0.455. The Hall–Kier alpha value is -2.14. The molecule has 26 heavy (non-hydrogen) atoms. The lowest BCUT2D eigenvalue weighted by atomic mass is 10.2. The molecule has 6 nitrogen and oxygen atoms in total. The Kier molecular flexibility index (Phi) is 6.09. The monoisotopic (exact) mass is 390 g/mol. The van der Waals surface area contributed by atoms with Crippen molar-refractivity contribution in [1.82, 2.24) is 4.57 Å². The van der Waals surface area contributed by atoms with E-state index in [4.69, 9.17) is 26.3 Å². The zero-order valence-electron chi connectivity index (χ0n) is 14.6. The van der Waals surface area contributed by atoms with E-state index in [2.05, 4.69) is 14.6 Å². The van der Waals surface area contributed by atoms with Crippen LogP contribution in [0, 0.1) is 18.4 Å². The second-order valence-corrected chi connectivity index (χ2v) is 7.55. The van der Waals surface area contributed by atoms with Crippen LogP contribution in [0.4, 0.5) is 0 Å². The van der Waals surface area contributed by atoms with Gasteiger partial charge in [-0.15, -0.1) is 11.3 Å². The van der Waals surface area contributed by atoms with Crippen LogP contribution >= 0.6 is 22.9 Å². The Balaban J connectivity index is 2.05. The van der Waals surface area contributed by atoms with Crippen molar-refractivity contribution in [1.29, 1.82) is 5.26 Å². The third-order valence-corrected chi connectivity index (χ3v) is 5.19. The number of halogens is 1. The molecule has 1 aromatic heterocycles. The van der Waals surface area contributed by atoms with Gasteiger partial charge >= 0.3 is 0 Å². The standard InChI is InChI=1S/C18H19ClN4O2S/c1-12-9-23(10-14-4-3-7-25-14)18(26-12)22-17(21-11-20)15-8-13(19)5-6-16(15)24-2/h5-6,8-9,14H,3-4,7,10H2,1-2H3/b21-17-,22-18-/t14-/m1/s1. The maximum atomic E-state index is 9.12. The summed E-state index contributed by atoms with van der Waals surface area (Å²) >= 11 is 7.66. The van der Waals surface area contributed by atoms with Crippen LogP contribution in [0.2, 0.25) is 5.02 Å². The molecule has 136 valence electrons. The Labute approximate surface area is 161 Å². The number of hydrogen-bond donors (Lipinski definition) is 0. The van der Waals surface area contributed by atoms with E-state index in [1.807, 2.05) is 19.3 Å². The van der Waals surface area contributed by atoms with Crippen molar-refractivity contribution in [2.75, 3.05) is 13.7 Å². The van der Waals surface area contributed by atoms with Crippen molar-refractivity contribution in [2.24, 2.45) is 9.98 Å². The van der Waals surface area contributed by atoms with Gasteiger partial charge in [-0.05, 0) is 38.0 Å². The van der Waals surface area contributed by atoms with Crippen LogP contribution in [-0.4, -0.2) is 30.2 Å². The maximum absolute atomic E-state index is 9.12. The molecule has 2 heterocycles. The van der Waals surface area contributed by atoms with Crippen molar-refractivity contribution in [3.63, 3.8) is 0 Å². The van der Waals surface area contributed by atoms with Crippen LogP contribution in [0.3, 0.4) is 0 Å². The smallest absolute Gasteiger partial charge is 0.207 e. The Bertz CT molecular complexity index is 920. The van der Waals surface area contributed by atoms with Crippen molar-refractivity contribution in [2.45, 2.75) is 32.4 Å². The summed E-state index contributed by atoms with van der Waals surface area (Å²) in [6.45, 7) is 3.56. The molecule has 3 rings (SSSR count). The lowest BCUT2D eigenvalue weighted by Crippen LogP contribution is -2.23. The lowest BCUT2D eigenvalue weighted by molar-refractivity contribution is 0.0964. The molecule has 0 spiro atoms. The number of hydrogen-bond acceptors (Lipinski definition) is 5. The second kappa shape index (κ2) is 8.49. The summed E-state index contributed by atoms with van der Waals surface area (Å²) in [4.78, 5) is 10.4. The maximum Gasteiger partial charge on any atom is 0.207 e. The summed E-state index contributed by atoms with van der Waals surface area (Å²) in [6, 6.07) is 5.16. The van der Waals surface area contributed by atoms with E-state index in [-0.39, 0.29) is 11.9 Å². The van der Waals surface area contributed by atoms with Gasteiger partial charge in [-0.2, -0.15) is 15.2 Å². The molecule has 0 bridgehead atoms. The summed E-state index contributed by atoms with van der Waals surface area (Å²) in [5.41, 5.74) is 0.580. The molecular formula is C18H19ClN4O2S. The van der Waals surface area contributed by atoms with Gasteiger partial charge in [0.05, 0.1) is 25.3 Å². The van der Waals surface area contributed by atoms with E-state index < -0.39 is 0 Å². The first-order valence-electron chi connectivity index (χ1n) is 8.24. The number of methoxy groups -OCH3 is 1. The molecule has 0 amide bonds. The van der Waals surface area contributed by atoms with Crippen LogP contribution in [0.5, 0.6) is 5.75 Å². The SMILES string of the molecule is COc1ccc(Cl)cc1C(=N/C#N)/N=c1\sc(C)cn1C[C@H]1CCCO1. The number of aliphatic imine (C=N–C) groups is 1. The number of ether oxygens (including phenoxy) is 2. The van der Waals surface area contributed by atoms with E-state index in [1.54, 1.807) is 36.6 Å². The Morgan fingerprint density at radius 2 is 2.38 bits per heavy atom. The minimum absolute atomic E-state index is 0.194. The molecule has 1 saturated heterocycles. The van der Waals surface area contributed by atoms with Gasteiger partial charge in [0.25, 0.3) is 0 Å². The summed E-state index contributed by atoms with van der Waals surface area (Å²) in [5, 5.41) is 9.64. The molecule has 1 aromatic carbocycles. The highest BCUT2D eigenvalue weighted by Crippen LogP contribution is 2.24. The number of rotatable bonds is 4. The minimum atomic E-state index is 0.194. The number of benzene rings is 1. The highest BCUT2D eigenvalue weighted by atomic mass is 35.5. The predicted octanol–water partition coefficient (Wildman–Crippen LogP) is 3.53. The van der Waals surface area contributed by atoms with Crippen LogP contribution in [0.25, 0.3) is 0 Å². The molecule has 1 fully saturated rings. The molecular weight excluding hydrogens is 372 g/mol. The third kappa shape index (κ3) is 4.33. The van der Waals surface area contributed by atoms with Gasteiger partial charge in [0.2, 0.25) is 6.19 Å². The number of thiazole rings is 1. The first-order valence-corrected chi connectivity index (χ1v) is 9.44. The normalized spacial score (nSPS) is 18.2. The fourth-order valence-corrected chi connectivity index (χ4v) is 3.88. The van der Waals surface area contributed by atoms with Gasteiger partial charge in [-0.25, -0.2) is 0 Å². The van der Waals surface area contributed by atoms with Gasteiger partial charge in [0.15, 0.2) is 10.6 Å². The first kappa shape index (κ1) is 18.6. The second-order valence-electron chi connectivity index (χ2n) is 5.90. The van der Waals surface area contributed by atoms with Crippen molar-refractivity contribution in [3.8, 4) is 11.9 Å². The summed E-state index contributed by atoms with van der Waals surface area (Å²) in [7, 11) is 1.56. The highest BCUT2D eigenvalue weighted by Gasteiger charge is 2.17. The average Bonchev–Trinajstić information content (AvgIpc) is 3.24. The zero-order chi connectivity index (χ0) is 18.5. The van der Waals surface area contributed by atoms with E-state index in [1.165, 1.54) is 0 Å². The average molecular weight is 391 g/mol. The van der Waals surface area contributed by atoms with Gasteiger partial charge in [0, 0.05) is 22.7 Å². The minimum Gasteiger partial charge on any atom is -0.496 e. The largest absolute Gasteiger partial charge is 0.496 e. The number of amidine groups is 1. The van der Waals surface area contributed by atoms with Crippen molar-refractivity contribution < 1.29 is 9.47 Å². The molecule has 1 atom stereocenters. The van der Waals surface area contributed by atoms with Gasteiger partial charge in [-0.3, -0.25) is 0 Å². The lowest BCUT2D eigenvalue weighted by Gasteiger charge is -2.10. The number of aryl methyl sites for hydroxylation is 1. The molecule has 2 aromatic rings. The molecule has 0 radical (unpaired) electrons. The number of nitriles is 1. The molecule has 0 saturated carbocycles. The summed E-state index contributed by atoms with van der Waals surface area (Å²) in [5.74, 6) is 0.834. The van der Waals surface area contributed by atoms with Crippen LogP contribution in [0.15, 0.2) is 34.4 Å². The fraction of sp³-hybridized carbons (Fsp3) is 0.389. The van der Waals surface area contributed by atoms with E-state index in [0.717, 1.165) is 35.7 Å².